The topological polar surface area (TPSA) is 48.1 Å². The number of fused-ring (bicyclic) bond motifs is 1. The lowest BCUT2D eigenvalue weighted by Gasteiger charge is -2.07. The Balaban J connectivity index is 2.58. The minimum Gasteiger partial charge on any atom is -0.481 e. The first-order chi connectivity index (χ1) is 7.35. The van der Waals surface area contributed by atoms with Crippen molar-refractivity contribution in [1.29, 1.82) is 0 Å². The Morgan fingerprint density at radius 3 is 2.87 bits per heavy atom. The first kappa shape index (κ1) is 9.93. The molecule has 0 unspecified atom stereocenters. The van der Waals surface area contributed by atoms with E-state index >= 15 is 0 Å². The molecular formula is C12H14N2O. The molecule has 0 radical (unpaired) electrons. The Morgan fingerprint density at radius 1 is 1.33 bits per heavy atom. The summed E-state index contributed by atoms with van der Waals surface area (Å²) in [5.74, 6) is 0.680. The molecule has 0 aliphatic carbocycles. The van der Waals surface area contributed by atoms with Crippen LogP contribution in [0.15, 0.2) is 30.3 Å². The summed E-state index contributed by atoms with van der Waals surface area (Å²) < 4.78 is 5.24. The molecule has 0 bridgehead atoms. The van der Waals surface area contributed by atoms with Gasteiger partial charge in [-0.25, -0.2) is 4.98 Å². The summed E-state index contributed by atoms with van der Waals surface area (Å²) in [6.45, 7) is 0.608. The van der Waals surface area contributed by atoms with E-state index in [4.69, 9.17) is 10.5 Å². The monoisotopic (exact) mass is 202 g/mol. The fourth-order valence-electron chi connectivity index (χ4n) is 1.65. The maximum absolute atomic E-state index is 5.54. The molecule has 0 spiro atoms. The summed E-state index contributed by atoms with van der Waals surface area (Å²) in [5.41, 5.74) is 7.57. The molecule has 1 aromatic carbocycles. The molecule has 3 heteroatoms. The van der Waals surface area contributed by atoms with E-state index in [0.29, 0.717) is 12.4 Å². The van der Waals surface area contributed by atoms with Gasteiger partial charge in [-0.1, -0.05) is 18.2 Å². The lowest BCUT2D eigenvalue weighted by molar-refractivity contribution is 0.394. The van der Waals surface area contributed by atoms with Crippen molar-refractivity contribution >= 4 is 10.9 Å². The number of ether oxygens (including phenoxy) is 1. The van der Waals surface area contributed by atoms with Crippen molar-refractivity contribution in [3.8, 4) is 5.88 Å². The van der Waals surface area contributed by atoms with Gasteiger partial charge in [0.25, 0.3) is 0 Å². The minimum atomic E-state index is 0.608. The van der Waals surface area contributed by atoms with Crippen LogP contribution >= 0.6 is 0 Å². The first-order valence-corrected chi connectivity index (χ1v) is 4.98. The minimum absolute atomic E-state index is 0.608. The molecule has 0 aliphatic rings. The third kappa shape index (κ3) is 1.92. The van der Waals surface area contributed by atoms with Crippen LogP contribution in [0.2, 0.25) is 0 Å². The lowest BCUT2D eigenvalue weighted by atomic mass is 10.1. The molecule has 1 heterocycles. The SMILES string of the molecule is COc1nc2ccccc2cc1CCN. The van der Waals surface area contributed by atoms with E-state index in [1.807, 2.05) is 24.3 Å². The molecular weight excluding hydrogens is 188 g/mol. The summed E-state index contributed by atoms with van der Waals surface area (Å²) in [6.07, 6.45) is 0.793. The fraction of sp³-hybridized carbons (Fsp3) is 0.250. The molecule has 0 fully saturated rings. The highest BCUT2D eigenvalue weighted by molar-refractivity contribution is 5.80. The standard InChI is InChI=1S/C12H14N2O/c1-15-12-10(6-7-13)8-9-4-2-3-5-11(9)14-12/h2-5,8H,6-7,13H2,1H3. The first-order valence-electron chi connectivity index (χ1n) is 4.98. The van der Waals surface area contributed by atoms with E-state index < -0.39 is 0 Å². The van der Waals surface area contributed by atoms with Crippen LogP contribution in [0.1, 0.15) is 5.56 Å². The second-order valence-corrected chi connectivity index (χ2v) is 3.39. The number of pyridine rings is 1. The molecule has 15 heavy (non-hydrogen) atoms. The zero-order valence-corrected chi connectivity index (χ0v) is 8.73. The van der Waals surface area contributed by atoms with Crippen LogP contribution in [-0.2, 0) is 6.42 Å². The molecule has 0 amide bonds. The van der Waals surface area contributed by atoms with Crippen LogP contribution in [0.25, 0.3) is 10.9 Å². The highest BCUT2D eigenvalue weighted by atomic mass is 16.5. The predicted molar refractivity (Wildman–Crippen MR) is 61.1 cm³/mol. The van der Waals surface area contributed by atoms with E-state index in [2.05, 4.69) is 11.1 Å². The van der Waals surface area contributed by atoms with E-state index in [9.17, 15) is 0 Å². The van der Waals surface area contributed by atoms with E-state index in [-0.39, 0.29) is 0 Å². The Morgan fingerprint density at radius 2 is 2.13 bits per heavy atom. The molecule has 0 saturated heterocycles. The average molecular weight is 202 g/mol. The van der Waals surface area contributed by atoms with Crippen LogP contribution in [-0.4, -0.2) is 18.6 Å². The van der Waals surface area contributed by atoms with Gasteiger partial charge in [0.05, 0.1) is 12.6 Å². The zero-order valence-electron chi connectivity index (χ0n) is 8.73. The van der Waals surface area contributed by atoms with Crippen molar-refractivity contribution in [2.24, 2.45) is 5.73 Å². The van der Waals surface area contributed by atoms with Crippen molar-refractivity contribution in [1.82, 2.24) is 4.98 Å². The normalized spacial score (nSPS) is 10.5. The summed E-state index contributed by atoms with van der Waals surface area (Å²) in [5, 5.41) is 1.13. The Labute approximate surface area is 88.9 Å². The second kappa shape index (κ2) is 4.28. The quantitative estimate of drug-likeness (QED) is 0.824. The van der Waals surface area contributed by atoms with Gasteiger partial charge < -0.3 is 10.5 Å². The van der Waals surface area contributed by atoms with Gasteiger partial charge in [0, 0.05) is 10.9 Å². The van der Waals surface area contributed by atoms with Gasteiger partial charge >= 0.3 is 0 Å². The fourth-order valence-corrected chi connectivity index (χ4v) is 1.65. The highest BCUT2D eigenvalue weighted by Gasteiger charge is 2.05. The van der Waals surface area contributed by atoms with E-state index in [0.717, 1.165) is 22.9 Å². The maximum Gasteiger partial charge on any atom is 0.216 e. The number of rotatable bonds is 3. The third-order valence-electron chi connectivity index (χ3n) is 2.37. The van der Waals surface area contributed by atoms with Crippen molar-refractivity contribution < 1.29 is 4.74 Å². The van der Waals surface area contributed by atoms with Gasteiger partial charge in [-0.3, -0.25) is 0 Å². The Hall–Kier alpha value is -1.61. The van der Waals surface area contributed by atoms with Crippen molar-refractivity contribution in [2.45, 2.75) is 6.42 Å². The zero-order chi connectivity index (χ0) is 10.7. The molecule has 2 N–H and O–H groups in total. The van der Waals surface area contributed by atoms with Gasteiger partial charge in [-0.15, -0.1) is 0 Å². The summed E-state index contributed by atoms with van der Waals surface area (Å²) in [7, 11) is 1.64. The number of para-hydroxylation sites is 1. The van der Waals surface area contributed by atoms with Crippen molar-refractivity contribution in [3.05, 3.63) is 35.9 Å². The van der Waals surface area contributed by atoms with Gasteiger partial charge in [0.1, 0.15) is 0 Å². The molecule has 3 nitrogen and oxygen atoms in total. The van der Waals surface area contributed by atoms with E-state index in [1.165, 1.54) is 0 Å². The number of aromatic nitrogens is 1. The van der Waals surface area contributed by atoms with Gasteiger partial charge in [-0.05, 0) is 25.1 Å². The molecule has 0 saturated carbocycles. The number of nitrogens with two attached hydrogens (primary N) is 1. The highest BCUT2D eigenvalue weighted by Crippen LogP contribution is 2.21. The summed E-state index contributed by atoms with van der Waals surface area (Å²) in [6, 6.07) is 10.1. The van der Waals surface area contributed by atoms with Gasteiger partial charge in [-0.2, -0.15) is 0 Å². The summed E-state index contributed by atoms with van der Waals surface area (Å²) in [4.78, 5) is 4.43. The average Bonchev–Trinajstić information content (AvgIpc) is 2.28. The predicted octanol–water partition coefficient (Wildman–Crippen LogP) is 1.74. The van der Waals surface area contributed by atoms with Gasteiger partial charge in [0.2, 0.25) is 5.88 Å². The molecule has 2 rings (SSSR count). The molecule has 2 aromatic rings. The van der Waals surface area contributed by atoms with Gasteiger partial charge in [0.15, 0.2) is 0 Å². The van der Waals surface area contributed by atoms with Crippen molar-refractivity contribution in [2.75, 3.05) is 13.7 Å². The van der Waals surface area contributed by atoms with Crippen LogP contribution < -0.4 is 10.5 Å². The number of hydrogen-bond donors (Lipinski definition) is 1. The Kier molecular flexibility index (Phi) is 2.83. The smallest absolute Gasteiger partial charge is 0.216 e. The van der Waals surface area contributed by atoms with Crippen LogP contribution in [0.3, 0.4) is 0 Å². The number of methoxy groups -OCH3 is 1. The van der Waals surface area contributed by atoms with Crippen LogP contribution in [0.5, 0.6) is 5.88 Å². The summed E-state index contributed by atoms with van der Waals surface area (Å²) >= 11 is 0. The molecule has 0 aliphatic heterocycles. The maximum atomic E-state index is 5.54. The number of nitrogens with zero attached hydrogens (tertiary/aromatic N) is 1. The van der Waals surface area contributed by atoms with Crippen LogP contribution in [0.4, 0.5) is 0 Å². The number of hydrogen-bond acceptors (Lipinski definition) is 3. The molecule has 78 valence electrons. The lowest BCUT2D eigenvalue weighted by Crippen LogP contribution is -2.05. The van der Waals surface area contributed by atoms with E-state index in [1.54, 1.807) is 7.11 Å². The van der Waals surface area contributed by atoms with Crippen LogP contribution in [0, 0.1) is 0 Å². The third-order valence-corrected chi connectivity index (χ3v) is 2.37. The second-order valence-electron chi connectivity index (χ2n) is 3.39. The molecule has 0 atom stereocenters. The Bertz CT molecular complexity index is 468. The number of benzene rings is 1. The molecule has 1 aromatic heterocycles. The largest absolute Gasteiger partial charge is 0.481 e. The van der Waals surface area contributed by atoms with Crippen molar-refractivity contribution in [3.63, 3.8) is 0 Å².